The average Bonchev–Trinajstić information content (AvgIpc) is 3.04. The summed E-state index contributed by atoms with van der Waals surface area (Å²) in [7, 11) is 0. The summed E-state index contributed by atoms with van der Waals surface area (Å²) in [4.78, 5) is 4.53. The Balaban J connectivity index is 1.41. The molecule has 0 radical (unpaired) electrons. The standard InChI is InChI=1S/C19H27N3O2/c1-3-22-9-8-20-19(22)18-16(5-4-10-23-18)21-12-14-6-7-17(24-14)15-11-13(15)2/h6-9,13,15-16,18,21H,3-5,10-12H2,1-2H3/t13-,15-,16+,18+/m1/s1. The van der Waals surface area contributed by atoms with Gasteiger partial charge in [0.25, 0.3) is 0 Å². The van der Waals surface area contributed by atoms with Gasteiger partial charge in [-0.1, -0.05) is 6.92 Å². The number of furan rings is 1. The lowest BCUT2D eigenvalue weighted by Gasteiger charge is -2.32. The third-order valence-corrected chi connectivity index (χ3v) is 5.36. The van der Waals surface area contributed by atoms with Gasteiger partial charge in [0.05, 0.1) is 6.54 Å². The number of hydrogen-bond donors (Lipinski definition) is 1. The zero-order valence-electron chi connectivity index (χ0n) is 14.6. The van der Waals surface area contributed by atoms with Gasteiger partial charge in [-0.25, -0.2) is 4.98 Å². The molecule has 0 spiro atoms. The summed E-state index contributed by atoms with van der Waals surface area (Å²) in [5.74, 6) is 4.62. The van der Waals surface area contributed by atoms with Gasteiger partial charge in [0.15, 0.2) is 0 Å². The van der Waals surface area contributed by atoms with Crippen molar-refractivity contribution in [1.82, 2.24) is 14.9 Å². The van der Waals surface area contributed by atoms with E-state index in [0.29, 0.717) is 5.92 Å². The molecule has 0 unspecified atom stereocenters. The van der Waals surface area contributed by atoms with Gasteiger partial charge in [-0.05, 0) is 44.2 Å². The number of imidazole rings is 1. The van der Waals surface area contributed by atoms with Crippen LogP contribution in [0.5, 0.6) is 0 Å². The first-order valence-electron chi connectivity index (χ1n) is 9.21. The summed E-state index contributed by atoms with van der Waals surface area (Å²) in [5, 5.41) is 3.64. The van der Waals surface area contributed by atoms with Crippen molar-refractivity contribution in [3.63, 3.8) is 0 Å². The number of rotatable bonds is 6. The number of nitrogens with zero attached hydrogens (tertiary/aromatic N) is 2. The SMILES string of the molecule is CCn1ccnc1[C@H]1OCCC[C@@H]1NCc1ccc([C@@H]2C[C@H]2C)o1. The van der Waals surface area contributed by atoms with Gasteiger partial charge in [0.1, 0.15) is 23.4 Å². The van der Waals surface area contributed by atoms with E-state index in [0.717, 1.165) is 55.8 Å². The highest BCUT2D eigenvalue weighted by Crippen LogP contribution is 2.47. The lowest BCUT2D eigenvalue weighted by atomic mass is 10.0. The fourth-order valence-electron chi connectivity index (χ4n) is 3.73. The van der Waals surface area contributed by atoms with Gasteiger partial charge >= 0.3 is 0 Å². The van der Waals surface area contributed by atoms with Gasteiger partial charge in [-0.15, -0.1) is 0 Å². The van der Waals surface area contributed by atoms with Gasteiger partial charge in [0, 0.05) is 37.5 Å². The molecule has 2 fully saturated rings. The van der Waals surface area contributed by atoms with Crippen molar-refractivity contribution in [2.24, 2.45) is 5.92 Å². The second kappa shape index (κ2) is 6.73. The first-order valence-corrected chi connectivity index (χ1v) is 9.21. The Labute approximate surface area is 143 Å². The van der Waals surface area contributed by atoms with Crippen LogP contribution in [0.2, 0.25) is 0 Å². The van der Waals surface area contributed by atoms with Gasteiger partial charge in [-0.3, -0.25) is 0 Å². The fourth-order valence-corrected chi connectivity index (χ4v) is 3.73. The summed E-state index contributed by atoms with van der Waals surface area (Å²) in [6.07, 6.45) is 7.37. The van der Waals surface area contributed by atoms with E-state index in [-0.39, 0.29) is 12.1 Å². The van der Waals surface area contributed by atoms with E-state index in [9.17, 15) is 0 Å². The maximum absolute atomic E-state index is 6.06. The van der Waals surface area contributed by atoms with Crippen LogP contribution >= 0.6 is 0 Å². The maximum atomic E-state index is 6.06. The third kappa shape index (κ3) is 3.15. The Hall–Kier alpha value is -1.59. The Kier molecular flexibility index (Phi) is 4.46. The molecule has 1 saturated heterocycles. The van der Waals surface area contributed by atoms with Crippen molar-refractivity contribution in [1.29, 1.82) is 0 Å². The minimum Gasteiger partial charge on any atom is -0.464 e. The lowest BCUT2D eigenvalue weighted by molar-refractivity contribution is -0.0186. The Bertz CT molecular complexity index is 678. The zero-order chi connectivity index (χ0) is 16.5. The molecule has 5 nitrogen and oxygen atoms in total. The molecule has 5 heteroatoms. The molecule has 1 aliphatic carbocycles. The van der Waals surface area contributed by atoms with E-state index in [2.05, 4.69) is 40.8 Å². The highest BCUT2D eigenvalue weighted by Gasteiger charge is 2.36. The molecular formula is C19H27N3O2. The number of aromatic nitrogens is 2. The molecule has 2 aromatic heterocycles. The quantitative estimate of drug-likeness (QED) is 0.879. The molecule has 130 valence electrons. The van der Waals surface area contributed by atoms with Crippen molar-refractivity contribution in [2.45, 2.75) is 64.3 Å². The van der Waals surface area contributed by atoms with Crippen molar-refractivity contribution in [2.75, 3.05) is 6.61 Å². The normalized spacial score (nSPS) is 29.8. The van der Waals surface area contributed by atoms with Crippen LogP contribution in [0, 0.1) is 5.92 Å². The molecule has 1 aliphatic heterocycles. The molecule has 1 saturated carbocycles. The lowest BCUT2D eigenvalue weighted by Crippen LogP contribution is -2.40. The van der Waals surface area contributed by atoms with Crippen molar-refractivity contribution < 1.29 is 9.15 Å². The molecule has 3 heterocycles. The minimum absolute atomic E-state index is 0.0200. The van der Waals surface area contributed by atoms with E-state index in [1.54, 1.807) is 0 Å². The second-order valence-corrected chi connectivity index (χ2v) is 7.12. The molecule has 0 aromatic carbocycles. The van der Waals surface area contributed by atoms with Crippen molar-refractivity contribution in [3.8, 4) is 0 Å². The molecule has 4 rings (SSSR count). The summed E-state index contributed by atoms with van der Waals surface area (Å²) >= 11 is 0. The number of hydrogen-bond acceptors (Lipinski definition) is 4. The van der Waals surface area contributed by atoms with Crippen LogP contribution in [0.25, 0.3) is 0 Å². The summed E-state index contributed by atoms with van der Waals surface area (Å²) in [6.45, 7) is 6.90. The molecule has 0 amide bonds. The third-order valence-electron chi connectivity index (χ3n) is 5.36. The zero-order valence-corrected chi connectivity index (χ0v) is 14.6. The van der Waals surface area contributed by atoms with E-state index in [1.165, 1.54) is 6.42 Å². The smallest absolute Gasteiger partial charge is 0.139 e. The van der Waals surface area contributed by atoms with Crippen LogP contribution in [0.3, 0.4) is 0 Å². The molecule has 0 bridgehead atoms. The van der Waals surface area contributed by atoms with Crippen molar-refractivity contribution in [3.05, 3.63) is 41.9 Å². The van der Waals surface area contributed by atoms with Crippen LogP contribution in [-0.2, 0) is 17.8 Å². The number of ether oxygens (including phenoxy) is 1. The molecule has 24 heavy (non-hydrogen) atoms. The highest BCUT2D eigenvalue weighted by molar-refractivity contribution is 5.17. The van der Waals surface area contributed by atoms with E-state index in [1.807, 2.05) is 12.4 Å². The molecule has 4 atom stereocenters. The van der Waals surface area contributed by atoms with Crippen LogP contribution < -0.4 is 5.32 Å². The molecular weight excluding hydrogens is 302 g/mol. The van der Waals surface area contributed by atoms with Crippen LogP contribution in [0.15, 0.2) is 28.9 Å². The Morgan fingerprint density at radius 2 is 2.25 bits per heavy atom. The summed E-state index contributed by atoms with van der Waals surface area (Å²) in [5.41, 5.74) is 0. The minimum atomic E-state index is 0.0200. The molecule has 2 aliphatic rings. The predicted octanol–water partition coefficient (Wildman–Crippen LogP) is 3.63. The van der Waals surface area contributed by atoms with Gasteiger partial charge < -0.3 is 19.0 Å². The number of aryl methyl sites for hydroxylation is 1. The fraction of sp³-hybridized carbons (Fsp3) is 0.632. The molecule has 2 aromatic rings. The van der Waals surface area contributed by atoms with E-state index < -0.39 is 0 Å². The maximum Gasteiger partial charge on any atom is 0.139 e. The predicted molar refractivity (Wildman–Crippen MR) is 91.7 cm³/mol. The first-order chi connectivity index (χ1) is 11.8. The Morgan fingerprint density at radius 1 is 1.38 bits per heavy atom. The average molecular weight is 329 g/mol. The highest BCUT2D eigenvalue weighted by atomic mass is 16.5. The van der Waals surface area contributed by atoms with Gasteiger partial charge in [0.2, 0.25) is 0 Å². The van der Waals surface area contributed by atoms with E-state index in [4.69, 9.17) is 9.15 Å². The molecule has 1 N–H and O–H groups in total. The van der Waals surface area contributed by atoms with Crippen LogP contribution in [0.4, 0.5) is 0 Å². The summed E-state index contributed by atoms with van der Waals surface area (Å²) in [6, 6.07) is 4.53. The first kappa shape index (κ1) is 15.9. The van der Waals surface area contributed by atoms with Crippen LogP contribution in [0.1, 0.15) is 62.5 Å². The second-order valence-electron chi connectivity index (χ2n) is 7.12. The topological polar surface area (TPSA) is 52.2 Å². The largest absolute Gasteiger partial charge is 0.464 e. The van der Waals surface area contributed by atoms with Gasteiger partial charge in [-0.2, -0.15) is 0 Å². The summed E-state index contributed by atoms with van der Waals surface area (Å²) < 4.78 is 14.2. The number of nitrogens with one attached hydrogen (secondary N) is 1. The Morgan fingerprint density at radius 3 is 3.04 bits per heavy atom. The van der Waals surface area contributed by atoms with E-state index >= 15 is 0 Å². The van der Waals surface area contributed by atoms with Crippen LogP contribution in [-0.4, -0.2) is 22.2 Å². The monoisotopic (exact) mass is 329 g/mol. The van der Waals surface area contributed by atoms with Crippen molar-refractivity contribution >= 4 is 0 Å².